The summed E-state index contributed by atoms with van der Waals surface area (Å²) in [5.74, 6) is 0.936. The topological polar surface area (TPSA) is 12.0 Å². The van der Waals surface area contributed by atoms with Crippen LogP contribution in [0.4, 0.5) is 0 Å². The molecule has 1 saturated carbocycles. The van der Waals surface area contributed by atoms with Crippen molar-refractivity contribution in [2.24, 2.45) is 5.92 Å². The van der Waals surface area contributed by atoms with Crippen molar-refractivity contribution in [2.45, 2.75) is 38.6 Å². The lowest BCUT2D eigenvalue weighted by atomic mass is 10.0. The Bertz CT molecular complexity index is 316. The molecule has 0 aromatic heterocycles. The van der Waals surface area contributed by atoms with Crippen molar-refractivity contribution in [1.29, 1.82) is 0 Å². The van der Waals surface area contributed by atoms with Crippen LogP contribution in [0.2, 0.25) is 0 Å². The highest BCUT2D eigenvalue weighted by Crippen LogP contribution is 2.34. The SMILES string of the molecule is CCCNC(Cc1ccc(I)cc1)C1CC1. The number of benzene rings is 1. The van der Waals surface area contributed by atoms with Crippen molar-refractivity contribution in [3.63, 3.8) is 0 Å². The van der Waals surface area contributed by atoms with Gasteiger partial charge in [-0.05, 0) is 78.4 Å². The highest BCUT2D eigenvalue weighted by atomic mass is 127. The lowest BCUT2D eigenvalue weighted by Crippen LogP contribution is -2.33. The van der Waals surface area contributed by atoms with E-state index >= 15 is 0 Å². The minimum Gasteiger partial charge on any atom is -0.313 e. The Hall–Kier alpha value is -0.0900. The number of nitrogens with one attached hydrogen (secondary N) is 1. The zero-order valence-electron chi connectivity index (χ0n) is 9.88. The van der Waals surface area contributed by atoms with Crippen LogP contribution >= 0.6 is 22.6 Å². The predicted molar refractivity (Wildman–Crippen MR) is 77.7 cm³/mol. The van der Waals surface area contributed by atoms with Gasteiger partial charge in [-0.1, -0.05) is 19.1 Å². The molecule has 0 saturated heterocycles. The molecule has 2 rings (SSSR count). The van der Waals surface area contributed by atoms with Crippen LogP contribution in [0.1, 0.15) is 31.7 Å². The van der Waals surface area contributed by atoms with E-state index in [0.29, 0.717) is 6.04 Å². The van der Waals surface area contributed by atoms with Crippen molar-refractivity contribution in [1.82, 2.24) is 5.32 Å². The Balaban J connectivity index is 1.91. The highest BCUT2D eigenvalue weighted by molar-refractivity contribution is 14.1. The maximum Gasteiger partial charge on any atom is 0.0136 e. The van der Waals surface area contributed by atoms with Crippen molar-refractivity contribution in [2.75, 3.05) is 6.54 Å². The number of halogens is 1. The smallest absolute Gasteiger partial charge is 0.0136 e. The van der Waals surface area contributed by atoms with Crippen molar-refractivity contribution >= 4 is 22.6 Å². The predicted octanol–water partition coefficient (Wildman–Crippen LogP) is 3.61. The van der Waals surface area contributed by atoms with E-state index in [1.54, 1.807) is 0 Å². The minimum absolute atomic E-state index is 0.708. The molecular formula is C14H20IN. The Labute approximate surface area is 112 Å². The number of rotatable bonds is 6. The third-order valence-electron chi connectivity index (χ3n) is 3.22. The molecule has 1 aliphatic rings. The maximum atomic E-state index is 3.69. The summed E-state index contributed by atoms with van der Waals surface area (Å²) in [7, 11) is 0. The first-order valence-corrected chi connectivity index (χ1v) is 7.35. The molecule has 0 spiro atoms. The number of hydrogen-bond donors (Lipinski definition) is 1. The van der Waals surface area contributed by atoms with Crippen molar-refractivity contribution < 1.29 is 0 Å². The molecule has 0 bridgehead atoms. The fourth-order valence-corrected chi connectivity index (χ4v) is 2.47. The fourth-order valence-electron chi connectivity index (χ4n) is 2.11. The molecule has 0 aliphatic heterocycles. The van der Waals surface area contributed by atoms with Gasteiger partial charge >= 0.3 is 0 Å². The van der Waals surface area contributed by atoms with Crippen LogP contribution in [0.5, 0.6) is 0 Å². The summed E-state index contributed by atoms with van der Waals surface area (Å²) in [6.07, 6.45) is 5.27. The Kier molecular flexibility index (Phi) is 4.65. The molecule has 1 N–H and O–H groups in total. The van der Waals surface area contributed by atoms with Gasteiger partial charge in [-0.2, -0.15) is 0 Å². The van der Waals surface area contributed by atoms with Crippen LogP contribution in [-0.2, 0) is 6.42 Å². The molecule has 0 heterocycles. The minimum atomic E-state index is 0.708. The summed E-state index contributed by atoms with van der Waals surface area (Å²) >= 11 is 2.36. The molecule has 1 unspecified atom stereocenters. The lowest BCUT2D eigenvalue weighted by molar-refractivity contribution is 0.460. The molecule has 1 atom stereocenters. The van der Waals surface area contributed by atoms with Gasteiger partial charge in [0.1, 0.15) is 0 Å². The summed E-state index contributed by atoms with van der Waals surface area (Å²) in [6.45, 7) is 3.40. The molecule has 1 aromatic carbocycles. The van der Waals surface area contributed by atoms with E-state index in [1.165, 1.54) is 34.8 Å². The molecule has 0 amide bonds. The summed E-state index contributed by atoms with van der Waals surface area (Å²) < 4.78 is 1.32. The van der Waals surface area contributed by atoms with Gasteiger partial charge in [0.15, 0.2) is 0 Å². The van der Waals surface area contributed by atoms with Crippen LogP contribution in [0.15, 0.2) is 24.3 Å². The van der Waals surface area contributed by atoms with Gasteiger partial charge < -0.3 is 5.32 Å². The zero-order valence-corrected chi connectivity index (χ0v) is 12.0. The lowest BCUT2D eigenvalue weighted by Gasteiger charge is -2.18. The average molecular weight is 329 g/mol. The summed E-state index contributed by atoms with van der Waals surface area (Å²) in [5.41, 5.74) is 1.47. The third kappa shape index (κ3) is 3.74. The monoisotopic (exact) mass is 329 g/mol. The molecule has 1 aromatic rings. The largest absolute Gasteiger partial charge is 0.313 e. The van der Waals surface area contributed by atoms with Gasteiger partial charge in [-0.15, -0.1) is 0 Å². The van der Waals surface area contributed by atoms with E-state index in [0.717, 1.165) is 12.5 Å². The maximum absolute atomic E-state index is 3.69. The Morgan fingerprint density at radius 3 is 2.56 bits per heavy atom. The Morgan fingerprint density at radius 2 is 2.00 bits per heavy atom. The molecule has 1 fully saturated rings. The standard InChI is InChI=1S/C14H20IN/c1-2-9-16-14(12-5-6-12)10-11-3-7-13(15)8-4-11/h3-4,7-8,12,14,16H,2,5-6,9-10H2,1H3. The first kappa shape index (κ1) is 12.4. The first-order valence-electron chi connectivity index (χ1n) is 6.27. The van der Waals surface area contributed by atoms with E-state index in [9.17, 15) is 0 Å². The van der Waals surface area contributed by atoms with Crippen LogP contribution in [0.25, 0.3) is 0 Å². The molecule has 1 nitrogen and oxygen atoms in total. The molecule has 0 radical (unpaired) electrons. The fraction of sp³-hybridized carbons (Fsp3) is 0.571. The summed E-state index contributed by atoms with van der Waals surface area (Å²) in [6, 6.07) is 9.66. The molecule has 16 heavy (non-hydrogen) atoms. The van der Waals surface area contributed by atoms with Gasteiger partial charge in [0.2, 0.25) is 0 Å². The van der Waals surface area contributed by atoms with Crippen LogP contribution in [-0.4, -0.2) is 12.6 Å². The first-order chi connectivity index (χ1) is 7.79. The zero-order chi connectivity index (χ0) is 11.4. The highest BCUT2D eigenvalue weighted by Gasteiger charge is 2.30. The third-order valence-corrected chi connectivity index (χ3v) is 3.94. The van der Waals surface area contributed by atoms with Crippen LogP contribution in [0.3, 0.4) is 0 Å². The van der Waals surface area contributed by atoms with Gasteiger partial charge in [0.05, 0.1) is 0 Å². The van der Waals surface area contributed by atoms with E-state index in [-0.39, 0.29) is 0 Å². The quantitative estimate of drug-likeness (QED) is 0.786. The Morgan fingerprint density at radius 1 is 1.31 bits per heavy atom. The van der Waals surface area contributed by atoms with Gasteiger partial charge in [-0.3, -0.25) is 0 Å². The van der Waals surface area contributed by atoms with Crippen molar-refractivity contribution in [3.05, 3.63) is 33.4 Å². The van der Waals surface area contributed by atoms with Gasteiger partial charge in [-0.25, -0.2) is 0 Å². The second-order valence-corrected chi connectivity index (χ2v) is 5.97. The van der Waals surface area contributed by atoms with Crippen molar-refractivity contribution in [3.8, 4) is 0 Å². The van der Waals surface area contributed by atoms with E-state index in [1.807, 2.05) is 0 Å². The second-order valence-electron chi connectivity index (χ2n) is 4.73. The van der Waals surface area contributed by atoms with Crippen LogP contribution < -0.4 is 5.32 Å². The van der Waals surface area contributed by atoms with Crippen LogP contribution in [0, 0.1) is 9.49 Å². The van der Waals surface area contributed by atoms with Gasteiger partial charge in [0, 0.05) is 9.61 Å². The molecule has 88 valence electrons. The summed E-state index contributed by atoms with van der Waals surface area (Å²) in [5, 5.41) is 3.69. The average Bonchev–Trinajstić information content (AvgIpc) is 3.11. The van der Waals surface area contributed by atoms with Gasteiger partial charge in [0.25, 0.3) is 0 Å². The molecule has 2 heteroatoms. The number of hydrogen-bond acceptors (Lipinski definition) is 1. The molecular weight excluding hydrogens is 309 g/mol. The summed E-state index contributed by atoms with van der Waals surface area (Å²) in [4.78, 5) is 0. The van der Waals surface area contributed by atoms with E-state index in [2.05, 4.69) is 59.1 Å². The van der Waals surface area contributed by atoms with E-state index < -0.39 is 0 Å². The molecule has 1 aliphatic carbocycles. The van der Waals surface area contributed by atoms with E-state index in [4.69, 9.17) is 0 Å². The normalized spacial score (nSPS) is 17.4. The second kappa shape index (κ2) is 6.01.